The molecule has 0 aliphatic heterocycles. The topological polar surface area (TPSA) is 26.0 Å². The van der Waals surface area contributed by atoms with E-state index in [0.717, 1.165) is 10.8 Å². The summed E-state index contributed by atoms with van der Waals surface area (Å²) in [7, 11) is 0. The summed E-state index contributed by atoms with van der Waals surface area (Å²) in [6.07, 6.45) is -4.41. The zero-order chi connectivity index (χ0) is 14.3. The molecule has 2 N–H and O–H groups in total. The molecule has 0 aliphatic carbocycles. The Balaban J connectivity index is 2.48. The molecule has 0 fully saturated rings. The van der Waals surface area contributed by atoms with E-state index in [4.69, 9.17) is 5.73 Å². The zero-order valence-corrected chi connectivity index (χ0v) is 10.8. The van der Waals surface area contributed by atoms with Crippen LogP contribution in [-0.4, -0.2) is 12.2 Å². The van der Waals surface area contributed by atoms with Crippen molar-refractivity contribution in [2.24, 2.45) is 5.73 Å². The molecule has 1 atom stereocenters. The molecule has 2 rings (SSSR count). The highest BCUT2D eigenvalue weighted by Crippen LogP contribution is 2.36. The van der Waals surface area contributed by atoms with Gasteiger partial charge in [0.05, 0.1) is 0 Å². The first-order valence-electron chi connectivity index (χ1n) is 6.04. The maximum Gasteiger partial charge on any atom is 0.404 e. The molecule has 1 nitrogen and oxygen atoms in total. The lowest BCUT2D eigenvalue weighted by atomic mass is 9.77. The van der Waals surface area contributed by atoms with Crippen molar-refractivity contribution in [3.63, 3.8) is 0 Å². The minimum atomic E-state index is -4.41. The first-order valence-corrected chi connectivity index (χ1v) is 6.04. The molecule has 0 spiro atoms. The van der Waals surface area contributed by atoms with Crippen LogP contribution in [-0.2, 0) is 5.41 Å². The summed E-state index contributed by atoms with van der Waals surface area (Å²) < 4.78 is 38.5. The second-order valence-electron chi connectivity index (χ2n) is 5.30. The third-order valence-electron chi connectivity index (χ3n) is 3.62. The standard InChI is InChI=1S/C15H16F3N/c1-14(2,13(19)15(16,17)18)12-8-7-10-5-3-4-6-11(10)9-12/h3-9,13H,19H2,1-2H3. The number of hydrogen-bond donors (Lipinski definition) is 1. The molecular formula is C15H16F3N. The predicted octanol–water partition coefficient (Wildman–Crippen LogP) is 4.01. The zero-order valence-electron chi connectivity index (χ0n) is 10.8. The van der Waals surface area contributed by atoms with Gasteiger partial charge in [-0.25, -0.2) is 0 Å². The second kappa shape index (κ2) is 4.53. The first-order chi connectivity index (χ1) is 8.73. The van der Waals surface area contributed by atoms with E-state index in [0.29, 0.717) is 5.56 Å². The van der Waals surface area contributed by atoms with Gasteiger partial charge in [0.2, 0.25) is 0 Å². The summed E-state index contributed by atoms with van der Waals surface area (Å²) in [6, 6.07) is 11.0. The Labute approximate surface area is 110 Å². The van der Waals surface area contributed by atoms with Crippen molar-refractivity contribution in [3.8, 4) is 0 Å². The number of alkyl halides is 3. The van der Waals surface area contributed by atoms with Crippen LogP contribution in [0.1, 0.15) is 19.4 Å². The Morgan fingerprint density at radius 2 is 1.53 bits per heavy atom. The van der Waals surface area contributed by atoms with Crippen LogP contribution in [0.5, 0.6) is 0 Å². The van der Waals surface area contributed by atoms with E-state index >= 15 is 0 Å². The van der Waals surface area contributed by atoms with Crippen LogP contribution >= 0.6 is 0 Å². The minimum Gasteiger partial charge on any atom is -0.319 e. The average molecular weight is 267 g/mol. The molecule has 0 amide bonds. The Hall–Kier alpha value is -1.55. The molecule has 0 aromatic heterocycles. The van der Waals surface area contributed by atoms with Crippen LogP contribution in [0.3, 0.4) is 0 Å². The van der Waals surface area contributed by atoms with Crippen molar-refractivity contribution in [1.29, 1.82) is 0 Å². The number of rotatable bonds is 2. The maximum atomic E-state index is 12.8. The van der Waals surface area contributed by atoms with Gasteiger partial charge in [0.25, 0.3) is 0 Å². The average Bonchev–Trinajstić information content (AvgIpc) is 2.36. The fraction of sp³-hybridized carbons (Fsp3) is 0.333. The highest BCUT2D eigenvalue weighted by Gasteiger charge is 2.47. The molecule has 0 heterocycles. The molecule has 2 aromatic rings. The van der Waals surface area contributed by atoms with Crippen molar-refractivity contribution in [2.45, 2.75) is 31.5 Å². The predicted molar refractivity (Wildman–Crippen MR) is 71.0 cm³/mol. The van der Waals surface area contributed by atoms with Crippen molar-refractivity contribution in [2.75, 3.05) is 0 Å². The monoisotopic (exact) mass is 267 g/mol. The van der Waals surface area contributed by atoms with E-state index < -0.39 is 17.6 Å². The molecule has 0 saturated heterocycles. The molecule has 0 bridgehead atoms. The molecular weight excluding hydrogens is 251 g/mol. The van der Waals surface area contributed by atoms with E-state index in [1.807, 2.05) is 30.3 Å². The summed E-state index contributed by atoms with van der Waals surface area (Å²) in [6.45, 7) is 3.05. The molecule has 102 valence electrons. The lowest BCUT2D eigenvalue weighted by Gasteiger charge is -2.33. The van der Waals surface area contributed by atoms with Gasteiger partial charge >= 0.3 is 6.18 Å². The maximum absolute atomic E-state index is 12.8. The van der Waals surface area contributed by atoms with Gasteiger partial charge in [0, 0.05) is 5.41 Å². The summed E-state index contributed by atoms with van der Waals surface area (Å²) in [5.74, 6) is 0. The number of fused-ring (bicyclic) bond motifs is 1. The normalized spacial score (nSPS) is 14.6. The molecule has 0 aliphatic rings. The smallest absolute Gasteiger partial charge is 0.319 e. The van der Waals surface area contributed by atoms with E-state index in [-0.39, 0.29) is 0 Å². The van der Waals surface area contributed by atoms with Crippen LogP contribution in [0.4, 0.5) is 13.2 Å². The number of halogens is 3. The van der Waals surface area contributed by atoms with Gasteiger partial charge in [0.1, 0.15) is 6.04 Å². The van der Waals surface area contributed by atoms with Gasteiger partial charge in [0.15, 0.2) is 0 Å². The highest BCUT2D eigenvalue weighted by molar-refractivity contribution is 5.83. The Kier molecular flexibility index (Phi) is 3.31. The molecule has 1 unspecified atom stereocenters. The number of nitrogens with two attached hydrogens (primary N) is 1. The molecule has 19 heavy (non-hydrogen) atoms. The highest BCUT2D eigenvalue weighted by atomic mass is 19.4. The Morgan fingerprint density at radius 1 is 0.947 bits per heavy atom. The largest absolute Gasteiger partial charge is 0.404 e. The van der Waals surface area contributed by atoms with Crippen LogP contribution in [0.2, 0.25) is 0 Å². The fourth-order valence-electron chi connectivity index (χ4n) is 2.18. The van der Waals surface area contributed by atoms with Gasteiger partial charge in [-0.3, -0.25) is 0 Å². The number of hydrogen-bond acceptors (Lipinski definition) is 1. The van der Waals surface area contributed by atoms with E-state index in [9.17, 15) is 13.2 Å². The summed E-state index contributed by atoms with van der Waals surface area (Å²) >= 11 is 0. The Morgan fingerprint density at radius 3 is 2.11 bits per heavy atom. The van der Waals surface area contributed by atoms with Crippen LogP contribution in [0, 0.1) is 0 Å². The van der Waals surface area contributed by atoms with E-state index in [2.05, 4.69) is 0 Å². The van der Waals surface area contributed by atoms with Crippen LogP contribution < -0.4 is 5.73 Å². The van der Waals surface area contributed by atoms with Gasteiger partial charge in [-0.15, -0.1) is 0 Å². The van der Waals surface area contributed by atoms with Crippen LogP contribution in [0.25, 0.3) is 10.8 Å². The van der Waals surface area contributed by atoms with E-state index in [1.54, 1.807) is 12.1 Å². The third kappa shape index (κ3) is 2.59. The summed E-state index contributed by atoms with van der Waals surface area (Å²) in [5, 5.41) is 1.92. The van der Waals surface area contributed by atoms with E-state index in [1.165, 1.54) is 13.8 Å². The van der Waals surface area contributed by atoms with Gasteiger partial charge in [-0.05, 0) is 16.3 Å². The SMILES string of the molecule is CC(C)(c1ccc2ccccc2c1)C(N)C(F)(F)F. The van der Waals surface area contributed by atoms with Crippen molar-refractivity contribution in [3.05, 3.63) is 48.0 Å². The minimum absolute atomic E-state index is 0.594. The summed E-state index contributed by atoms with van der Waals surface area (Å²) in [4.78, 5) is 0. The third-order valence-corrected chi connectivity index (χ3v) is 3.62. The lowest BCUT2D eigenvalue weighted by Crippen LogP contribution is -2.51. The lowest BCUT2D eigenvalue weighted by molar-refractivity contribution is -0.160. The quantitative estimate of drug-likeness (QED) is 0.874. The van der Waals surface area contributed by atoms with Gasteiger partial charge < -0.3 is 5.73 Å². The number of benzene rings is 2. The first kappa shape index (κ1) is 13.9. The van der Waals surface area contributed by atoms with Crippen molar-refractivity contribution in [1.82, 2.24) is 0 Å². The van der Waals surface area contributed by atoms with Crippen molar-refractivity contribution < 1.29 is 13.2 Å². The second-order valence-corrected chi connectivity index (χ2v) is 5.30. The van der Waals surface area contributed by atoms with Crippen LogP contribution in [0.15, 0.2) is 42.5 Å². The van der Waals surface area contributed by atoms with Crippen molar-refractivity contribution >= 4 is 10.8 Å². The molecule has 0 saturated carbocycles. The molecule has 4 heteroatoms. The fourth-order valence-corrected chi connectivity index (χ4v) is 2.18. The van der Waals surface area contributed by atoms with Gasteiger partial charge in [-0.2, -0.15) is 13.2 Å². The molecule has 0 radical (unpaired) electrons. The summed E-state index contributed by atoms with van der Waals surface area (Å²) in [5.41, 5.74) is 4.81. The molecule has 2 aromatic carbocycles. The Bertz CT molecular complexity index is 587. The van der Waals surface area contributed by atoms with Gasteiger partial charge in [-0.1, -0.05) is 56.3 Å².